The molecule has 0 spiro atoms. The monoisotopic (exact) mass is 406 g/mol. The van der Waals surface area contributed by atoms with Gasteiger partial charge in [0.1, 0.15) is 6.29 Å². The van der Waals surface area contributed by atoms with E-state index in [-0.39, 0.29) is 0 Å². The summed E-state index contributed by atoms with van der Waals surface area (Å²) in [5.41, 5.74) is 0. The quantitative estimate of drug-likeness (QED) is 0.386. The molecule has 0 saturated carbocycles. The molecule has 9 heteroatoms. The molecule has 0 aromatic carbocycles. The van der Waals surface area contributed by atoms with Crippen molar-refractivity contribution >= 4 is 11.9 Å². The van der Waals surface area contributed by atoms with Gasteiger partial charge in [-0.15, -0.1) is 0 Å². The van der Waals surface area contributed by atoms with E-state index in [4.69, 9.17) is 37.1 Å². The molecule has 4 N–H and O–H groups in total. The topological polar surface area (TPSA) is 149 Å². The first kappa shape index (κ1) is 23.7. The van der Waals surface area contributed by atoms with Crippen LogP contribution in [0, 0.1) is 0 Å². The second kappa shape index (κ2) is 23.2. The van der Waals surface area contributed by atoms with Crippen molar-refractivity contribution in [1.82, 2.24) is 0 Å². The molecule has 0 saturated heterocycles. The van der Waals surface area contributed by atoms with Crippen molar-refractivity contribution in [3.63, 3.8) is 0 Å². The zero-order chi connectivity index (χ0) is 13.4. The fourth-order valence-electron chi connectivity index (χ4n) is 0. The van der Waals surface area contributed by atoms with Gasteiger partial charge in [0.15, 0.2) is 0 Å². The number of carboxylic acid groups (broad SMARTS) is 2. The molecular formula is C6H14O8Os. The van der Waals surface area contributed by atoms with Gasteiger partial charge >= 0.3 is 24.4 Å². The minimum atomic E-state index is -2.08. The van der Waals surface area contributed by atoms with E-state index in [1.807, 2.05) is 0 Å². The number of aliphatic carboxylic acids is 2. The maximum atomic E-state index is 9.00. The van der Waals surface area contributed by atoms with E-state index in [2.05, 4.69) is 0 Å². The number of aliphatic hydroxyl groups is 2. The van der Waals surface area contributed by atoms with Crippen LogP contribution in [0.5, 0.6) is 0 Å². The zero-order valence-electron chi connectivity index (χ0n) is 8.35. The molecule has 0 fully saturated rings. The second-order valence-corrected chi connectivity index (χ2v) is 2.15. The van der Waals surface area contributed by atoms with Crippen molar-refractivity contribution in [2.75, 3.05) is 0 Å². The van der Waals surface area contributed by atoms with Crippen LogP contribution in [-0.4, -0.2) is 38.7 Å². The number of hydrogen-bond donors (Lipinski definition) is 4. The van der Waals surface area contributed by atoms with Crippen molar-refractivity contribution in [2.45, 2.75) is 27.1 Å². The van der Waals surface area contributed by atoms with E-state index in [1.165, 1.54) is 6.92 Å². The Morgan fingerprint density at radius 3 is 1.00 bits per heavy atom. The summed E-state index contributed by atoms with van der Waals surface area (Å²) in [5, 5.41) is 30.1. The molecular weight excluding hydrogens is 390 g/mol. The summed E-state index contributed by atoms with van der Waals surface area (Å²) in [7, 11) is 0. The first-order valence-corrected chi connectivity index (χ1v) is 5.31. The van der Waals surface area contributed by atoms with E-state index in [0.717, 1.165) is 13.8 Å². The molecule has 0 aromatic heterocycles. The fourth-order valence-corrected chi connectivity index (χ4v) is 0. The van der Waals surface area contributed by atoms with Crippen molar-refractivity contribution in [3.8, 4) is 0 Å². The Hall–Kier alpha value is -0.904. The van der Waals surface area contributed by atoms with Crippen LogP contribution in [0.15, 0.2) is 0 Å². The van der Waals surface area contributed by atoms with Gasteiger partial charge in [-0.3, -0.25) is 9.59 Å². The van der Waals surface area contributed by atoms with Gasteiger partial charge in [0.2, 0.25) is 0 Å². The molecule has 15 heavy (non-hydrogen) atoms. The molecule has 0 aliphatic heterocycles. The fraction of sp³-hybridized carbons (Fsp3) is 0.667. The number of carbonyl (C=O) groups is 2. The third kappa shape index (κ3) is 1970. The van der Waals surface area contributed by atoms with Crippen molar-refractivity contribution < 1.29 is 54.4 Å². The molecule has 0 bridgehead atoms. The summed E-state index contributed by atoms with van der Waals surface area (Å²) in [5.74, 6) is -1.67. The van der Waals surface area contributed by atoms with Crippen LogP contribution in [0.4, 0.5) is 0 Å². The maximum absolute atomic E-state index is 9.00. The number of hydrogen-bond acceptors (Lipinski definition) is 6. The first-order chi connectivity index (χ1) is 6.61. The summed E-state index contributed by atoms with van der Waals surface area (Å²) >= 11 is -2.08. The molecule has 0 heterocycles. The molecule has 0 radical (unpaired) electrons. The Bertz CT molecular complexity index is 161. The molecule has 0 amide bonds. The minimum absolute atomic E-state index is 0.833. The van der Waals surface area contributed by atoms with Crippen molar-refractivity contribution in [2.24, 2.45) is 0 Å². The molecule has 0 aliphatic carbocycles. The van der Waals surface area contributed by atoms with Crippen LogP contribution in [0.3, 0.4) is 0 Å². The number of rotatable bonds is 0. The van der Waals surface area contributed by atoms with E-state index in [9.17, 15) is 0 Å². The van der Waals surface area contributed by atoms with E-state index in [0.29, 0.717) is 0 Å². The van der Waals surface area contributed by atoms with Crippen LogP contribution in [0.25, 0.3) is 0 Å². The van der Waals surface area contributed by atoms with E-state index in [1.54, 1.807) is 0 Å². The van der Waals surface area contributed by atoms with Gasteiger partial charge in [0.05, 0.1) is 0 Å². The average molecular weight is 404 g/mol. The average Bonchev–Trinajstić information content (AvgIpc) is 1.81. The van der Waals surface area contributed by atoms with Gasteiger partial charge in [-0.25, -0.2) is 0 Å². The molecule has 0 unspecified atom stereocenters. The van der Waals surface area contributed by atoms with Crippen molar-refractivity contribution in [3.05, 3.63) is 0 Å². The van der Waals surface area contributed by atoms with Crippen LogP contribution < -0.4 is 0 Å². The van der Waals surface area contributed by atoms with Crippen LogP contribution in [-0.2, 0) is 34.0 Å². The van der Waals surface area contributed by atoms with Gasteiger partial charge in [0.25, 0.3) is 11.9 Å². The SMILES string of the molecule is CC(=O)O.CC(=O)O.CC(O)O.[O]=[Os]=[O]. The van der Waals surface area contributed by atoms with Gasteiger partial charge in [0, 0.05) is 13.8 Å². The van der Waals surface area contributed by atoms with Gasteiger partial charge in [-0.1, -0.05) is 0 Å². The van der Waals surface area contributed by atoms with Crippen LogP contribution in [0.2, 0.25) is 0 Å². The molecule has 94 valence electrons. The first-order valence-electron chi connectivity index (χ1n) is 3.24. The molecule has 8 nitrogen and oxygen atoms in total. The summed E-state index contributed by atoms with van der Waals surface area (Å²) in [6.45, 7) is 3.44. The Balaban J connectivity index is -0.0000000542. The van der Waals surface area contributed by atoms with Crippen molar-refractivity contribution in [1.29, 1.82) is 0 Å². The van der Waals surface area contributed by atoms with Gasteiger partial charge < -0.3 is 20.4 Å². The third-order valence-corrected chi connectivity index (χ3v) is 0. The van der Waals surface area contributed by atoms with E-state index >= 15 is 0 Å². The second-order valence-electron chi connectivity index (χ2n) is 1.73. The molecule has 0 aliphatic rings. The Morgan fingerprint density at radius 2 is 1.00 bits per heavy atom. The third-order valence-electron chi connectivity index (χ3n) is 0. The Labute approximate surface area is 93.9 Å². The van der Waals surface area contributed by atoms with Gasteiger partial charge in [-0.05, 0) is 6.92 Å². The van der Waals surface area contributed by atoms with Crippen LogP contribution >= 0.6 is 0 Å². The summed E-state index contributed by atoms with van der Waals surface area (Å²) < 4.78 is 17.0. The number of carboxylic acids is 2. The predicted molar refractivity (Wildman–Crippen MR) is 41.9 cm³/mol. The summed E-state index contributed by atoms with van der Waals surface area (Å²) in [4.78, 5) is 18.0. The zero-order valence-corrected chi connectivity index (χ0v) is 10.9. The van der Waals surface area contributed by atoms with E-state index < -0.39 is 35.5 Å². The Kier molecular flexibility index (Phi) is 36.6. The standard InChI is InChI=1S/C2H6O2.2C2H4O2.2O.Os/c3*1-2(3)4;;;/h2-4H,1H3;2*1H3,(H,3,4);;;. The summed E-state index contributed by atoms with van der Waals surface area (Å²) in [6.07, 6.45) is -1.17. The normalized spacial score (nSPS) is 6.80. The van der Waals surface area contributed by atoms with Gasteiger partial charge in [-0.2, -0.15) is 0 Å². The summed E-state index contributed by atoms with van der Waals surface area (Å²) in [6, 6.07) is 0. The molecule has 0 rings (SSSR count). The Morgan fingerprint density at radius 1 is 1.00 bits per heavy atom. The predicted octanol–water partition coefficient (Wildman–Crippen LogP) is -0.741. The molecule has 0 atom stereocenters. The molecule has 0 aromatic rings. The van der Waals surface area contributed by atoms with Crippen LogP contribution in [0.1, 0.15) is 20.8 Å². The number of aliphatic hydroxyl groups excluding tert-OH is 1.